The van der Waals surface area contributed by atoms with Gasteiger partial charge in [-0.05, 0) is 12.3 Å². The molecule has 1 aliphatic heterocycles. The Hall–Kier alpha value is -0.300. The molecule has 0 fully saturated rings. The van der Waals surface area contributed by atoms with Crippen LogP contribution in [0.2, 0.25) is 0 Å². The van der Waals surface area contributed by atoms with Gasteiger partial charge in [0.25, 0.3) is 0 Å². The normalized spacial score (nSPS) is 27.8. The van der Waals surface area contributed by atoms with Crippen molar-refractivity contribution in [2.75, 3.05) is 6.61 Å². The van der Waals surface area contributed by atoms with E-state index in [1.165, 1.54) is 32.1 Å². The van der Waals surface area contributed by atoms with E-state index in [1.54, 1.807) is 0 Å². The highest BCUT2D eigenvalue weighted by molar-refractivity contribution is 4.96. The first kappa shape index (κ1) is 10.8. The molecule has 0 amide bonds. The summed E-state index contributed by atoms with van der Waals surface area (Å²) >= 11 is 0. The maximum absolute atomic E-state index is 5.68. The van der Waals surface area contributed by atoms with E-state index >= 15 is 0 Å². The van der Waals surface area contributed by atoms with E-state index in [9.17, 15) is 0 Å². The summed E-state index contributed by atoms with van der Waals surface area (Å²) in [7, 11) is 0. The summed E-state index contributed by atoms with van der Waals surface area (Å²) in [5.74, 6) is 0.617. The summed E-state index contributed by atoms with van der Waals surface area (Å²) in [5, 5.41) is 0. The maximum Gasteiger partial charge on any atom is 0.0756 e. The average molecular weight is 182 g/mol. The molecule has 2 atom stereocenters. The van der Waals surface area contributed by atoms with Crippen LogP contribution < -0.4 is 0 Å². The molecule has 76 valence electrons. The fraction of sp³-hybridized carbons (Fsp3) is 0.833. The van der Waals surface area contributed by atoms with Gasteiger partial charge in [0, 0.05) is 0 Å². The Kier molecular flexibility index (Phi) is 5.14. The van der Waals surface area contributed by atoms with Gasteiger partial charge in [-0.1, -0.05) is 51.7 Å². The molecule has 1 rings (SSSR count). The highest BCUT2D eigenvalue weighted by Gasteiger charge is 2.11. The Morgan fingerprint density at radius 2 is 2.08 bits per heavy atom. The zero-order valence-corrected chi connectivity index (χ0v) is 8.96. The van der Waals surface area contributed by atoms with Gasteiger partial charge in [0.1, 0.15) is 0 Å². The summed E-state index contributed by atoms with van der Waals surface area (Å²) in [6.45, 7) is 5.36. The van der Waals surface area contributed by atoms with Gasteiger partial charge in [0.2, 0.25) is 0 Å². The van der Waals surface area contributed by atoms with E-state index in [0.717, 1.165) is 6.61 Å². The SMILES string of the molecule is CCCCCCC1C=CC(C)CO1. The monoisotopic (exact) mass is 182 g/mol. The standard InChI is InChI=1S/C12H22O/c1-3-4-5-6-7-12-9-8-11(2)10-13-12/h8-9,11-12H,3-7,10H2,1-2H3. The van der Waals surface area contributed by atoms with Crippen LogP contribution in [0.25, 0.3) is 0 Å². The lowest BCUT2D eigenvalue weighted by Gasteiger charge is -2.21. The van der Waals surface area contributed by atoms with Crippen molar-refractivity contribution in [1.82, 2.24) is 0 Å². The van der Waals surface area contributed by atoms with Crippen LogP contribution in [0.4, 0.5) is 0 Å². The van der Waals surface area contributed by atoms with E-state index in [2.05, 4.69) is 26.0 Å². The molecule has 2 unspecified atom stereocenters. The lowest BCUT2D eigenvalue weighted by atomic mass is 10.0. The largest absolute Gasteiger partial charge is 0.374 e. The molecule has 0 bridgehead atoms. The summed E-state index contributed by atoms with van der Waals surface area (Å²) in [4.78, 5) is 0. The second-order valence-electron chi connectivity index (χ2n) is 4.08. The van der Waals surface area contributed by atoms with Crippen LogP contribution in [0.15, 0.2) is 12.2 Å². The molecule has 0 radical (unpaired) electrons. The molecule has 0 saturated heterocycles. The Morgan fingerprint density at radius 3 is 2.69 bits per heavy atom. The predicted octanol–water partition coefficient (Wildman–Crippen LogP) is 3.55. The first-order chi connectivity index (χ1) is 6.33. The Morgan fingerprint density at radius 1 is 1.23 bits per heavy atom. The fourth-order valence-electron chi connectivity index (χ4n) is 1.65. The van der Waals surface area contributed by atoms with Crippen molar-refractivity contribution in [3.8, 4) is 0 Å². The van der Waals surface area contributed by atoms with Gasteiger partial charge in [-0.25, -0.2) is 0 Å². The molecule has 0 saturated carbocycles. The summed E-state index contributed by atoms with van der Waals surface area (Å²) < 4.78 is 5.68. The maximum atomic E-state index is 5.68. The van der Waals surface area contributed by atoms with Gasteiger partial charge in [0.05, 0.1) is 12.7 Å². The fourth-order valence-corrected chi connectivity index (χ4v) is 1.65. The van der Waals surface area contributed by atoms with Gasteiger partial charge in [-0.3, -0.25) is 0 Å². The van der Waals surface area contributed by atoms with Crippen molar-refractivity contribution >= 4 is 0 Å². The van der Waals surface area contributed by atoms with Crippen molar-refractivity contribution in [1.29, 1.82) is 0 Å². The second kappa shape index (κ2) is 6.20. The van der Waals surface area contributed by atoms with E-state index in [0.29, 0.717) is 12.0 Å². The van der Waals surface area contributed by atoms with Gasteiger partial charge < -0.3 is 4.74 Å². The van der Waals surface area contributed by atoms with Crippen molar-refractivity contribution < 1.29 is 4.74 Å². The van der Waals surface area contributed by atoms with Crippen LogP contribution in [0.1, 0.15) is 46.0 Å². The molecule has 0 N–H and O–H groups in total. The molecular formula is C12H22O. The van der Waals surface area contributed by atoms with Crippen molar-refractivity contribution in [2.45, 2.75) is 52.1 Å². The van der Waals surface area contributed by atoms with Gasteiger partial charge >= 0.3 is 0 Å². The minimum Gasteiger partial charge on any atom is -0.374 e. The first-order valence-corrected chi connectivity index (χ1v) is 5.63. The van der Waals surface area contributed by atoms with Crippen LogP contribution in [-0.2, 0) is 4.74 Å². The Balaban J connectivity index is 2.05. The number of hydrogen-bond donors (Lipinski definition) is 0. The molecule has 0 aromatic heterocycles. The number of unbranched alkanes of at least 4 members (excludes halogenated alkanes) is 3. The third-order valence-corrected chi connectivity index (χ3v) is 2.57. The molecule has 0 aromatic rings. The lowest BCUT2D eigenvalue weighted by molar-refractivity contribution is 0.0529. The summed E-state index contributed by atoms with van der Waals surface area (Å²) in [6.07, 6.45) is 11.5. The molecule has 13 heavy (non-hydrogen) atoms. The minimum absolute atomic E-state index is 0.410. The number of ether oxygens (including phenoxy) is 1. The third-order valence-electron chi connectivity index (χ3n) is 2.57. The molecule has 0 aliphatic carbocycles. The van der Waals surface area contributed by atoms with E-state index < -0.39 is 0 Å². The number of rotatable bonds is 5. The highest BCUT2D eigenvalue weighted by atomic mass is 16.5. The minimum atomic E-state index is 0.410. The van der Waals surface area contributed by atoms with E-state index in [1.807, 2.05) is 0 Å². The van der Waals surface area contributed by atoms with Crippen molar-refractivity contribution in [3.05, 3.63) is 12.2 Å². The van der Waals surface area contributed by atoms with Crippen LogP contribution in [-0.4, -0.2) is 12.7 Å². The third kappa shape index (κ3) is 4.47. The number of hydrogen-bond acceptors (Lipinski definition) is 1. The molecule has 0 spiro atoms. The van der Waals surface area contributed by atoms with E-state index in [4.69, 9.17) is 4.74 Å². The lowest BCUT2D eigenvalue weighted by Crippen LogP contribution is -2.19. The Labute approximate surface area is 82.2 Å². The quantitative estimate of drug-likeness (QED) is 0.466. The predicted molar refractivity (Wildman–Crippen MR) is 56.8 cm³/mol. The van der Waals surface area contributed by atoms with Crippen LogP contribution in [0.3, 0.4) is 0 Å². The Bertz CT molecular complexity index is 151. The van der Waals surface area contributed by atoms with Gasteiger partial charge in [-0.2, -0.15) is 0 Å². The first-order valence-electron chi connectivity index (χ1n) is 5.63. The smallest absolute Gasteiger partial charge is 0.0756 e. The zero-order chi connectivity index (χ0) is 9.52. The summed E-state index contributed by atoms with van der Waals surface area (Å²) in [5.41, 5.74) is 0. The summed E-state index contributed by atoms with van der Waals surface area (Å²) in [6, 6.07) is 0. The van der Waals surface area contributed by atoms with Gasteiger partial charge in [0.15, 0.2) is 0 Å². The molecule has 0 aromatic carbocycles. The van der Waals surface area contributed by atoms with Crippen LogP contribution in [0, 0.1) is 5.92 Å². The molecule has 1 aliphatic rings. The van der Waals surface area contributed by atoms with Crippen LogP contribution >= 0.6 is 0 Å². The molecular weight excluding hydrogens is 160 g/mol. The van der Waals surface area contributed by atoms with Crippen molar-refractivity contribution in [3.63, 3.8) is 0 Å². The van der Waals surface area contributed by atoms with Crippen molar-refractivity contribution in [2.24, 2.45) is 5.92 Å². The van der Waals surface area contributed by atoms with Gasteiger partial charge in [-0.15, -0.1) is 0 Å². The van der Waals surface area contributed by atoms with E-state index in [-0.39, 0.29) is 0 Å². The topological polar surface area (TPSA) is 9.23 Å². The molecule has 1 heterocycles. The zero-order valence-electron chi connectivity index (χ0n) is 8.96. The molecule has 1 nitrogen and oxygen atoms in total. The highest BCUT2D eigenvalue weighted by Crippen LogP contribution is 2.15. The van der Waals surface area contributed by atoms with Crippen LogP contribution in [0.5, 0.6) is 0 Å². The molecule has 1 heteroatoms. The average Bonchev–Trinajstić information content (AvgIpc) is 2.15. The second-order valence-corrected chi connectivity index (χ2v) is 4.08.